The average molecular weight is 312 g/mol. The van der Waals surface area contributed by atoms with Crippen molar-refractivity contribution < 1.29 is 44.7 Å². The zero-order valence-corrected chi connectivity index (χ0v) is 10.7. The highest BCUT2D eigenvalue weighted by atomic mass is 32.2. The first-order chi connectivity index (χ1) is 8.29. The fourth-order valence-corrected chi connectivity index (χ4v) is 1.64. The van der Waals surface area contributed by atoms with E-state index in [2.05, 4.69) is 4.74 Å². The summed E-state index contributed by atoms with van der Waals surface area (Å²) in [5.41, 5.74) is 0. The number of hydrogen-bond donors (Lipinski definition) is 1. The van der Waals surface area contributed by atoms with Gasteiger partial charge in [-0.3, -0.25) is 4.55 Å². The number of halogens is 4. The first-order valence-electron chi connectivity index (χ1n) is 4.97. The van der Waals surface area contributed by atoms with Gasteiger partial charge in [-0.1, -0.05) is 0 Å². The van der Waals surface area contributed by atoms with Crippen LogP contribution in [0.2, 0.25) is 0 Å². The van der Waals surface area contributed by atoms with Crippen LogP contribution in [0.15, 0.2) is 0 Å². The fraction of sp³-hybridized carbons (Fsp3) is 1.00. The molecule has 6 nitrogen and oxygen atoms in total. The molecule has 11 heteroatoms. The highest BCUT2D eigenvalue weighted by Crippen LogP contribution is 2.39. The van der Waals surface area contributed by atoms with E-state index in [1.165, 1.54) is 13.8 Å². The third-order valence-corrected chi connectivity index (χ3v) is 3.07. The Balaban J connectivity index is 2.67. The molecule has 1 heterocycles. The maximum absolute atomic E-state index is 12.9. The molecule has 1 fully saturated rings. The highest BCUT2D eigenvalue weighted by molar-refractivity contribution is 7.86. The first-order valence-corrected chi connectivity index (χ1v) is 6.41. The summed E-state index contributed by atoms with van der Waals surface area (Å²) in [6.45, 7) is 1.73. The number of ether oxygens (including phenoxy) is 3. The van der Waals surface area contributed by atoms with Gasteiger partial charge in [0.15, 0.2) is 5.79 Å². The molecule has 0 aromatic rings. The second kappa shape index (κ2) is 4.81. The van der Waals surface area contributed by atoms with Gasteiger partial charge < -0.3 is 14.2 Å². The minimum absolute atomic E-state index is 0.180. The van der Waals surface area contributed by atoms with Crippen LogP contribution in [0.3, 0.4) is 0 Å². The number of alkyl halides is 4. The summed E-state index contributed by atoms with van der Waals surface area (Å²) in [5.74, 6) is -1.07. The number of rotatable bonds is 5. The van der Waals surface area contributed by atoms with E-state index in [4.69, 9.17) is 14.0 Å². The Morgan fingerprint density at radius 3 is 2.26 bits per heavy atom. The lowest BCUT2D eigenvalue weighted by atomic mass is 10.4. The highest BCUT2D eigenvalue weighted by Gasteiger charge is 2.67. The van der Waals surface area contributed by atoms with Gasteiger partial charge in [0.25, 0.3) is 0 Å². The molecule has 0 aromatic carbocycles. The summed E-state index contributed by atoms with van der Waals surface area (Å²) in [4.78, 5) is 0. The summed E-state index contributed by atoms with van der Waals surface area (Å²) in [6.07, 6.45) is -6.45. The standard InChI is InChI=1S/C8H12F4O6S/c1-6(2)16-3-5(18-6)4-17-7(9,10)8(11,12)19(13,14)15/h5H,3-4H2,1-2H3,(H,13,14,15). The van der Waals surface area contributed by atoms with Gasteiger partial charge in [0.2, 0.25) is 0 Å². The molecule has 1 aliphatic rings. The van der Waals surface area contributed by atoms with E-state index in [-0.39, 0.29) is 6.61 Å². The van der Waals surface area contributed by atoms with Gasteiger partial charge in [-0.05, 0) is 13.8 Å². The minimum Gasteiger partial charge on any atom is -0.348 e. The molecule has 1 unspecified atom stereocenters. The van der Waals surface area contributed by atoms with Crippen molar-refractivity contribution >= 4 is 10.1 Å². The van der Waals surface area contributed by atoms with Gasteiger partial charge in [-0.2, -0.15) is 26.0 Å². The van der Waals surface area contributed by atoms with Crippen LogP contribution >= 0.6 is 0 Å². The van der Waals surface area contributed by atoms with Gasteiger partial charge >= 0.3 is 21.5 Å². The van der Waals surface area contributed by atoms with Crippen LogP contribution in [0.25, 0.3) is 0 Å². The molecule has 0 spiro atoms. The Labute approximate surface area is 106 Å². The van der Waals surface area contributed by atoms with Crippen LogP contribution in [0.5, 0.6) is 0 Å². The van der Waals surface area contributed by atoms with Gasteiger partial charge in [-0.25, -0.2) is 0 Å². The molecule has 1 saturated heterocycles. The van der Waals surface area contributed by atoms with Gasteiger partial charge in [-0.15, -0.1) is 0 Å². The maximum Gasteiger partial charge on any atom is 0.459 e. The molecule has 1 aliphatic heterocycles. The van der Waals surface area contributed by atoms with Crippen molar-refractivity contribution in [1.29, 1.82) is 0 Å². The normalized spacial score (nSPS) is 24.7. The Morgan fingerprint density at radius 1 is 1.37 bits per heavy atom. The second-order valence-electron chi connectivity index (χ2n) is 4.27. The second-order valence-corrected chi connectivity index (χ2v) is 5.73. The Morgan fingerprint density at radius 2 is 1.89 bits per heavy atom. The molecule has 1 rings (SSSR count). The molecule has 0 radical (unpaired) electrons. The number of hydrogen-bond acceptors (Lipinski definition) is 5. The van der Waals surface area contributed by atoms with E-state index in [1.54, 1.807) is 0 Å². The summed E-state index contributed by atoms with van der Waals surface area (Å²) in [6, 6.07) is 0. The Hall–Kier alpha value is -0.490. The van der Waals surface area contributed by atoms with Crippen molar-refractivity contribution in [2.24, 2.45) is 0 Å². The summed E-state index contributed by atoms with van der Waals surface area (Å²) >= 11 is 0. The molecule has 1 atom stereocenters. The topological polar surface area (TPSA) is 82.1 Å². The molecular formula is C8H12F4O6S. The molecule has 0 saturated carbocycles. The zero-order valence-electron chi connectivity index (χ0n) is 9.90. The lowest BCUT2D eigenvalue weighted by Crippen LogP contribution is -2.49. The van der Waals surface area contributed by atoms with E-state index in [9.17, 15) is 26.0 Å². The smallest absolute Gasteiger partial charge is 0.348 e. The third kappa shape index (κ3) is 3.54. The molecule has 114 valence electrons. The van der Waals surface area contributed by atoms with Crippen molar-refractivity contribution in [2.75, 3.05) is 13.2 Å². The van der Waals surface area contributed by atoms with E-state index in [0.29, 0.717) is 0 Å². The van der Waals surface area contributed by atoms with Crippen LogP contribution < -0.4 is 0 Å². The monoisotopic (exact) mass is 312 g/mol. The van der Waals surface area contributed by atoms with Crippen LogP contribution in [0, 0.1) is 0 Å². The van der Waals surface area contributed by atoms with Crippen molar-refractivity contribution in [2.45, 2.75) is 37.1 Å². The molecule has 1 N–H and O–H groups in total. The molecule has 19 heavy (non-hydrogen) atoms. The van der Waals surface area contributed by atoms with E-state index in [0.717, 1.165) is 0 Å². The van der Waals surface area contributed by atoms with Crippen molar-refractivity contribution in [1.82, 2.24) is 0 Å². The van der Waals surface area contributed by atoms with Gasteiger partial charge in [0.1, 0.15) is 6.10 Å². The zero-order chi connectivity index (χ0) is 15.1. The Bertz CT molecular complexity index is 435. The van der Waals surface area contributed by atoms with Crippen LogP contribution in [0.1, 0.15) is 13.8 Å². The lowest BCUT2D eigenvalue weighted by Gasteiger charge is -2.24. The minimum atomic E-state index is -6.31. The molecule has 0 aliphatic carbocycles. The van der Waals surface area contributed by atoms with E-state index < -0.39 is 40.0 Å². The van der Waals surface area contributed by atoms with Gasteiger partial charge in [0, 0.05) is 0 Å². The summed E-state index contributed by atoms with van der Waals surface area (Å²) in [7, 11) is -6.31. The largest absolute Gasteiger partial charge is 0.459 e. The predicted octanol–water partition coefficient (Wildman–Crippen LogP) is 1.23. The van der Waals surface area contributed by atoms with Crippen LogP contribution in [-0.2, 0) is 24.3 Å². The van der Waals surface area contributed by atoms with Crippen molar-refractivity contribution in [3.05, 3.63) is 0 Å². The first kappa shape index (κ1) is 16.6. The predicted molar refractivity (Wildman–Crippen MR) is 52.3 cm³/mol. The van der Waals surface area contributed by atoms with E-state index >= 15 is 0 Å². The maximum atomic E-state index is 12.9. The quantitative estimate of drug-likeness (QED) is 0.607. The van der Waals surface area contributed by atoms with Crippen molar-refractivity contribution in [3.8, 4) is 0 Å². The average Bonchev–Trinajstić information content (AvgIpc) is 2.53. The molecule has 0 amide bonds. The Kier molecular flexibility index (Phi) is 4.19. The lowest BCUT2D eigenvalue weighted by molar-refractivity contribution is -0.324. The van der Waals surface area contributed by atoms with Crippen LogP contribution in [-0.4, -0.2) is 49.4 Å². The van der Waals surface area contributed by atoms with E-state index in [1.807, 2.05) is 0 Å². The molecule has 0 aromatic heterocycles. The van der Waals surface area contributed by atoms with Crippen LogP contribution in [0.4, 0.5) is 17.6 Å². The molecular weight excluding hydrogens is 300 g/mol. The molecule has 0 bridgehead atoms. The van der Waals surface area contributed by atoms with Crippen molar-refractivity contribution in [3.63, 3.8) is 0 Å². The SMILES string of the molecule is CC1(C)OCC(COC(F)(F)C(F)(F)S(=O)(=O)O)O1. The summed E-state index contributed by atoms with van der Waals surface area (Å²) < 4.78 is 93.4. The van der Waals surface area contributed by atoms with Gasteiger partial charge in [0.05, 0.1) is 13.2 Å². The summed E-state index contributed by atoms with van der Waals surface area (Å²) in [5, 5.41) is -5.75. The fourth-order valence-electron chi connectivity index (χ4n) is 1.28. The third-order valence-electron chi connectivity index (χ3n) is 2.18.